The summed E-state index contributed by atoms with van der Waals surface area (Å²) in [6.45, 7) is 9.60. The lowest BCUT2D eigenvalue weighted by molar-refractivity contribution is -0.155. The van der Waals surface area contributed by atoms with Crippen LogP contribution in [0.4, 0.5) is 0 Å². The van der Waals surface area contributed by atoms with Crippen molar-refractivity contribution in [3.63, 3.8) is 0 Å². The lowest BCUT2D eigenvalue weighted by atomic mass is 10.1. The van der Waals surface area contributed by atoms with E-state index in [2.05, 4.69) is 6.58 Å². The van der Waals surface area contributed by atoms with Crippen molar-refractivity contribution in [2.75, 3.05) is 6.61 Å². The third-order valence-electron chi connectivity index (χ3n) is 2.32. The normalized spacial score (nSPS) is 10.9. The first-order valence-electron chi connectivity index (χ1n) is 6.46. The van der Waals surface area contributed by atoms with Crippen LogP contribution in [-0.2, 0) is 16.0 Å². The number of ether oxygens (including phenoxy) is 2. The molecule has 0 aliphatic rings. The number of carbonyl (C=O) groups excluding carboxylic acids is 1. The Morgan fingerprint density at radius 3 is 2.63 bits per heavy atom. The van der Waals surface area contributed by atoms with Crippen molar-refractivity contribution in [2.45, 2.75) is 39.2 Å². The Kier molecular flexibility index (Phi) is 5.61. The maximum absolute atomic E-state index is 11.5. The van der Waals surface area contributed by atoms with Gasteiger partial charge in [-0.2, -0.15) is 0 Å². The molecule has 1 aromatic carbocycles. The molecule has 0 bridgehead atoms. The van der Waals surface area contributed by atoms with Crippen LogP contribution in [0.2, 0.25) is 0 Å². The molecule has 0 atom stereocenters. The second-order valence-electron chi connectivity index (χ2n) is 5.29. The summed E-state index contributed by atoms with van der Waals surface area (Å²) in [5.74, 6) is 0.555. The average molecular weight is 262 g/mol. The number of rotatable bonds is 6. The fourth-order valence-corrected chi connectivity index (χ4v) is 1.61. The Labute approximate surface area is 115 Å². The van der Waals surface area contributed by atoms with Gasteiger partial charge in [-0.25, -0.2) is 0 Å². The second-order valence-corrected chi connectivity index (χ2v) is 5.29. The summed E-state index contributed by atoms with van der Waals surface area (Å²) in [7, 11) is 0. The largest absolute Gasteiger partial charge is 0.493 e. The molecule has 19 heavy (non-hydrogen) atoms. The van der Waals surface area contributed by atoms with E-state index in [9.17, 15) is 4.79 Å². The van der Waals surface area contributed by atoms with Gasteiger partial charge in [-0.1, -0.05) is 24.3 Å². The minimum Gasteiger partial charge on any atom is -0.493 e. The molecule has 0 saturated heterocycles. The quantitative estimate of drug-likeness (QED) is 0.581. The first-order chi connectivity index (χ1) is 8.92. The van der Waals surface area contributed by atoms with Gasteiger partial charge < -0.3 is 9.47 Å². The van der Waals surface area contributed by atoms with E-state index >= 15 is 0 Å². The zero-order valence-electron chi connectivity index (χ0n) is 11.9. The lowest BCUT2D eigenvalue weighted by Gasteiger charge is -2.19. The number of benzene rings is 1. The van der Waals surface area contributed by atoms with Gasteiger partial charge in [-0.3, -0.25) is 4.79 Å². The zero-order chi connectivity index (χ0) is 14.3. The molecule has 0 spiro atoms. The molecule has 0 heterocycles. The summed E-state index contributed by atoms with van der Waals surface area (Å²) in [5.41, 5.74) is 0.624. The molecule has 1 rings (SSSR count). The second kappa shape index (κ2) is 6.98. The Morgan fingerprint density at radius 1 is 1.32 bits per heavy atom. The van der Waals surface area contributed by atoms with Gasteiger partial charge in [0.25, 0.3) is 0 Å². The van der Waals surface area contributed by atoms with E-state index in [0.29, 0.717) is 6.61 Å². The SMILES string of the molecule is C=CCc1ccccc1OCCC(=O)OC(C)(C)C. The van der Waals surface area contributed by atoms with Crippen LogP contribution >= 0.6 is 0 Å². The van der Waals surface area contributed by atoms with E-state index in [0.717, 1.165) is 17.7 Å². The van der Waals surface area contributed by atoms with Crippen LogP contribution in [0.25, 0.3) is 0 Å². The molecule has 0 radical (unpaired) electrons. The molecule has 0 aliphatic carbocycles. The highest BCUT2D eigenvalue weighted by atomic mass is 16.6. The minimum absolute atomic E-state index is 0.242. The third-order valence-corrected chi connectivity index (χ3v) is 2.32. The molecule has 0 amide bonds. The van der Waals surface area contributed by atoms with Gasteiger partial charge in [-0.15, -0.1) is 6.58 Å². The third kappa shape index (κ3) is 6.09. The van der Waals surface area contributed by atoms with Crippen LogP contribution in [0.1, 0.15) is 32.8 Å². The van der Waals surface area contributed by atoms with Crippen molar-refractivity contribution < 1.29 is 14.3 Å². The number of esters is 1. The number of hydrogen-bond donors (Lipinski definition) is 0. The van der Waals surface area contributed by atoms with E-state index < -0.39 is 5.60 Å². The Bertz CT molecular complexity index is 430. The molecule has 3 nitrogen and oxygen atoms in total. The predicted octanol–water partition coefficient (Wildman–Crippen LogP) is 3.53. The monoisotopic (exact) mass is 262 g/mol. The number of allylic oxidation sites excluding steroid dienone is 1. The zero-order valence-corrected chi connectivity index (χ0v) is 11.9. The van der Waals surface area contributed by atoms with Crippen molar-refractivity contribution in [1.29, 1.82) is 0 Å². The highest BCUT2D eigenvalue weighted by molar-refractivity contribution is 5.70. The van der Waals surface area contributed by atoms with Gasteiger partial charge in [0.1, 0.15) is 11.4 Å². The van der Waals surface area contributed by atoms with E-state index in [4.69, 9.17) is 9.47 Å². The molecule has 0 N–H and O–H groups in total. The number of para-hydroxylation sites is 1. The predicted molar refractivity (Wildman–Crippen MR) is 76.3 cm³/mol. The molecule has 1 aromatic rings. The number of carbonyl (C=O) groups is 1. The van der Waals surface area contributed by atoms with E-state index in [1.54, 1.807) is 0 Å². The van der Waals surface area contributed by atoms with Gasteiger partial charge in [0.15, 0.2) is 0 Å². The molecule has 0 saturated carbocycles. The standard InChI is InChI=1S/C16H22O3/c1-5-8-13-9-6-7-10-14(13)18-12-11-15(17)19-16(2,3)4/h5-7,9-10H,1,8,11-12H2,2-4H3. The molecule has 104 valence electrons. The highest BCUT2D eigenvalue weighted by Crippen LogP contribution is 2.19. The summed E-state index contributed by atoms with van der Waals surface area (Å²) in [5, 5.41) is 0. The summed E-state index contributed by atoms with van der Waals surface area (Å²) >= 11 is 0. The molecule has 0 aliphatic heterocycles. The van der Waals surface area contributed by atoms with E-state index in [-0.39, 0.29) is 12.4 Å². The Morgan fingerprint density at radius 2 is 2.00 bits per heavy atom. The summed E-state index contributed by atoms with van der Waals surface area (Å²) < 4.78 is 10.8. The summed E-state index contributed by atoms with van der Waals surface area (Å²) in [6, 6.07) is 7.76. The van der Waals surface area contributed by atoms with Gasteiger partial charge >= 0.3 is 5.97 Å². The highest BCUT2D eigenvalue weighted by Gasteiger charge is 2.16. The van der Waals surface area contributed by atoms with Crippen LogP contribution in [0.3, 0.4) is 0 Å². The fraction of sp³-hybridized carbons (Fsp3) is 0.438. The Balaban J connectivity index is 2.45. The smallest absolute Gasteiger partial charge is 0.309 e. The fourth-order valence-electron chi connectivity index (χ4n) is 1.61. The summed E-state index contributed by atoms with van der Waals surface area (Å²) in [6.07, 6.45) is 2.83. The van der Waals surface area contributed by atoms with Crippen molar-refractivity contribution in [1.82, 2.24) is 0 Å². The van der Waals surface area contributed by atoms with Gasteiger partial charge in [-0.05, 0) is 38.8 Å². The van der Waals surface area contributed by atoms with Gasteiger partial charge in [0.05, 0.1) is 13.0 Å². The minimum atomic E-state index is -0.447. The van der Waals surface area contributed by atoms with Crippen LogP contribution in [0.15, 0.2) is 36.9 Å². The molecule has 0 aromatic heterocycles. The maximum Gasteiger partial charge on any atom is 0.309 e. The molecular formula is C16H22O3. The van der Waals surface area contributed by atoms with Gasteiger partial charge in [0, 0.05) is 0 Å². The van der Waals surface area contributed by atoms with Crippen LogP contribution in [-0.4, -0.2) is 18.2 Å². The van der Waals surface area contributed by atoms with Gasteiger partial charge in [0.2, 0.25) is 0 Å². The molecule has 0 unspecified atom stereocenters. The number of hydrogen-bond acceptors (Lipinski definition) is 3. The maximum atomic E-state index is 11.5. The van der Waals surface area contributed by atoms with Crippen molar-refractivity contribution >= 4 is 5.97 Å². The summed E-state index contributed by atoms with van der Waals surface area (Å²) in [4.78, 5) is 11.5. The first-order valence-corrected chi connectivity index (χ1v) is 6.46. The van der Waals surface area contributed by atoms with Crippen molar-refractivity contribution in [3.8, 4) is 5.75 Å². The average Bonchev–Trinajstić information content (AvgIpc) is 2.29. The molecule has 3 heteroatoms. The van der Waals surface area contributed by atoms with Crippen LogP contribution < -0.4 is 4.74 Å². The topological polar surface area (TPSA) is 35.5 Å². The van der Waals surface area contributed by atoms with Crippen LogP contribution in [0.5, 0.6) is 5.75 Å². The lowest BCUT2D eigenvalue weighted by Crippen LogP contribution is -2.24. The Hall–Kier alpha value is -1.77. The molecular weight excluding hydrogens is 240 g/mol. The van der Waals surface area contributed by atoms with Crippen LogP contribution in [0, 0.1) is 0 Å². The molecule has 0 fully saturated rings. The van der Waals surface area contributed by atoms with Crippen molar-refractivity contribution in [2.24, 2.45) is 0 Å². The van der Waals surface area contributed by atoms with E-state index in [1.807, 2.05) is 51.1 Å². The van der Waals surface area contributed by atoms with Crippen molar-refractivity contribution in [3.05, 3.63) is 42.5 Å². The van der Waals surface area contributed by atoms with E-state index in [1.165, 1.54) is 0 Å². The first kappa shape index (κ1) is 15.3.